The van der Waals surface area contributed by atoms with Gasteiger partial charge in [0.05, 0.1) is 5.69 Å². The first-order chi connectivity index (χ1) is 8.41. The molecular weight excluding hydrogens is 296 g/mol. The lowest BCUT2D eigenvalue weighted by Crippen LogP contribution is -2.61. The molecular formula is C13H15BrN2O2. The highest BCUT2D eigenvalue weighted by atomic mass is 79.9. The van der Waals surface area contributed by atoms with Crippen LogP contribution < -0.4 is 10.2 Å². The number of anilines is 1. The largest absolute Gasteiger partial charge is 0.343 e. The lowest BCUT2D eigenvalue weighted by atomic mass is 10.1. The van der Waals surface area contributed by atoms with Gasteiger partial charge in [-0.3, -0.25) is 14.5 Å². The van der Waals surface area contributed by atoms with E-state index in [2.05, 4.69) is 21.2 Å². The van der Waals surface area contributed by atoms with Crippen LogP contribution in [0.1, 0.15) is 19.4 Å². The average molecular weight is 311 g/mol. The summed E-state index contributed by atoms with van der Waals surface area (Å²) in [6.45, 7) is 5.40. The monoisotopic (exact) mass is 310 g/mol. The van der Waals surface area contributed by atoms with Gasteiger partial charge in [-0.05, 0) is 54.4 Å². The number of hydrogen-bond donors (Lipinski definition) is 1. The third-order valence-electron chi connectivity index (χ3n) is 3.10. The van der Waals surface area contributed by atoms with Gasteiger partial charge in [0.25, 0.3) is 0 Å². The molecule has 1 N–H and O–H groups in total. The van der Waals surface area contributed by atoms with Crippen molar-refractivity contribution < 1.29 is 9.59 Å². The normalized spacial score (nSPS) is 24.1. The molecule has 0 aromatic heterocycles. The van der Waals surface area contributed by atoms with E-state index in [1.54, 1.807) is 18.7 Å². The number of amides is 2. The molecule has 4 nitrogen and oxygen atoms in total. The second kappa shape index (κ2) is 4.72. The molecule has 0 spiro atoms. The first-order valence-electron chi connectivity index (χ1n) is 5.81. The number of halogens is 1. The molecule has 2 rings (SSSR count). The maximum absolute atomic E-state index is 12.2. The zero-order chi connectivity index (χ0) is 13.4. The van der Waals surface area contributed by atoms with Crippen molar-refractivity contribution >= 4 is 33.4 Å². The van der Waals surface area contributed by atoms with Crippen LogP contribution >= 0.6 is 15.9 Å². The summed E-state index contributed by atoms with van der Waals surface area (Å²) in [4.78, 5) is 25.5. The summed E-state index contributed by atoms with van der Waals surface area (Å²) in [6, 6.07) is 4.75. The molecule has 1 aliphatic rings. The molecule has 1 aromatic rings. The molecule has 1 aromatic carbocycles. The SMILES string of the molecule is Cc1ccc(N2C(=O)C(C)NC(=O)C2C)c(Br)c1. The minimum absolute atomic E-state index is 0.0911. The molecule has 1 heterocycles. The highest BCUT2D eigenvalue weighted by molar-refractivity contribution is 9.10. The molecule has 1 fully saturated rings. The zero-order valence-corrected chi connectivity index (χ0v) is 12.1. The van der Waals surface area contributed by atoms with Crippen molar-refractivity contribution in [2.24, 2.45) is 0 Å². The van der Waals surface area contributed by atoms with Crippen LogP contribution in [-0.4, -0.2) is 23.9 Å². The van der Waals surface area contributed by atoms with Crippen molar-refractivity contribution in [1.29, 1.82) is 0 Å². The van der Waals surface area contributed by atoms with E-state index in [0.29, 0.717) is 0 Å². The highest BCUT2D eigenvalue weighted by Crippen LogP contribution is 2.30. The Morgan fingerprint density at radius 1 is 1.28 bits per heavy atom. The van der Waals surface area contributed by atoms with E-state index in [1.165, 1.54) is 0 Å². The smallest absolute Gasteiger partial charge is 0.250 e. The van der Waals surface area contributed by atoms with Gasteiger partial charge in [0.1, 0.15) is 12.1 Å². The number of hydrogen-bond acceptors (Lipinski definition) is 2. The van der Waals surface area contributed by atoms with Gasteiger partial charge in [0.2, 0.25) is 11.8 Å². The third-order valence-corrected chi connectivity index (χ3v) is 3.73. The summed E-state index contributed by atoms with van der Waals surface area (Å²) in [5, 5.41) is 2.66. The van der Waals surface area contributed by atoms with Crippen LogP contribution in [0, 0.1) is 6.92 Å². The fraction of sp³-hybridized carbons (Fsp3) is 0.385. The Bertz CT molecular complexity index is 516. The molecule has 1 saturated heterocycles. The van der Waals surface area contributed by atoms with Crippen LogP contribution in [0.25, 0.3) is 0 Å². The van der Waals surface area contributed by atoms with Crippen LogP contribution in [0.3, 0.4) is 0 Å². The highest BCUT2D eigenvalue weighted by Gasteiger charge is 2.37. The van der Waals surface area contributed by atoms with Gasteiger partial charge in [-0.2, -0.15) is 0 Å². The predicted octanol–water partition coefficient (Wildman–Crippen LogP) is 2.00. The van der Waals surface area contributed by atoms with Crippen LogP contribution in [0.4, 0.5) is 5.69 Å². The van der Waals surface area contributed by atoms with Crippen molar-refractivity contribution in [2.75, 3.05) is 4.90 Å². The maximum Gasteiger partial charge on any atom is 0.250 e. The summed E-state index contributed by atoms with van der Waals surface area (Å²) in [5.74, 6) is -0.221. The Morgan fingerprint density at radius 3 is 2.56 bits per heavy atom. The zero-order valence-electron chi connectivity index (χ0n) is 10.5. The Kier molecular flexibility index (Phi) is 3.43. The van der Waals surface area contributed by atoms with E-state index < -0.39 is 12.1 Å². The summed E-state index contributed by atoms with van der Waals surface area (Å²) in [6.07, 6.45) is 0. The molecule has 2 unspecified atom stereocenters. The van der Waals surface area contributed by atoms with Crippen molar-refractivity contribution in [3.63, 3.8) is 0 Å². The van der Waals surface area contributed by atoms with Crippen LogP contribution in [-0.2, 0) is 9.59 Å². The fourth-order valence-corrected chi connectivity index (χ4v) is 2.73. The number of aryl methyl sites for hydroxylation is 1. The summed E-state index contributed by atoms with van der Waals surface area (Å²) >= 11 is 3.45. The minimum Gasteiger partial charge on any atom is -0.343 e. The van der Waals surface area contributed by atoms with E-state index in [0.717, 1.165) is 15.7 Å². The minimum atomic E-state index is -0.493. The van der Waals surface area contributed by atoms with Gasteiger partial charge < -0.3 is 5.32 Å². The summed E-state index contributed by atoms with van der Waals surface area (Å²) in [5.41, 5.74) is 1.83. The van der Waals surface area contributed by atoms with E-state index in [-0.39, 0.29) is 11.8 Å². The van der Waals surface area contributed by atoms with Crippen LogP contribution in [0.2, 0.25) is 0 Å². The molecule has 0 radical (unpaired) electrons. The maximum atomic E-state index is 12.2. The van der Waals surface area contributed by atoms with Gasteiger partial charge in [-0.1, -0.05) is 6.07 Å². The van der Waals surface area contributed by atoms with E-state index in [9.17, 15) is 9.59 Å². The first-order valence-corrected chi connectivity index (χ1v) is 6.60. The first kappa shape index (κ1) is 13.1. The predicted molar refractivity (Wildman–Crippen MR) is 73.4 cm³/mol. The Labute approximate surface area is 114 Å². The van der Waals surface area contributed by atoms with Gasteiger partial charge >= 0.3 is 0 Å². The molecule has 0 saturated carbocycles. The van der Waals surface area contributed by atoms with Crippen molar-refractivity contribution in [2.45, 2.75) is 32.9 Å². The second-order valence-corrected chi connectivity index (χ2v) is 5.42. The molecule has 0 bridgehead atoms. The second-order valence-electron chi connectivity index (χ2n) is 4.57. The van der Waals surface area contributed by atoms with Gasteiger partial charge in [-0.15, -0.1) is 0 Å². The number of rotatable bonds is 1. The quantitative estimate of drug-likeness (QED) is 0.862. The molecule has 0 aliphatic carbocycles. The molecule has 18 heavy (non-hydrogen) atoms. The standard InChI is InChI=1S/C13H15BrN2O2/c1-7-4-5-11(10(14)6-7)16-9(3)12(17)15-8(2)13(16)18/h4-6,8-9H,1-3H3,(H,15,17). The molecule has 2 atom stereocenters. The number of nitrogens with one attached hydrogen (secondary N) is 1. The van der Waals surface area contributed by atoms with E-state index >= 15 is 0 Å². The molecule has 2 amide bonds. The summed E-state index contributed by atoms with van der Waals surface area (Å²) < 4.78 is 0.824. The third kappa shape index (κ3) is 2.14. The van der Waals surface area contributed by atoms with Gasteiger partial charge in [0.15, 0.2) is 0 Å². The topological polar surface area (TPSA) is 49.4 Å². The lowest BCUT2D eigenvalue weighted by Gasteiger charge is -2.36. The van der Waals surface area contributed by atoms with Crippen LogP contribution in [0.15, 0.2) is 22.7 Å². The van der Waals surface area contributed by atoms with Gasteiger partial charge in [0, 0.05) is 4.47 Å². The van der Waals surface area contributed by atoms with E-state index in [4.69, 9.17) is 0 Å². The van der Waals surface area contributed by atoms with Crippen molar-refractivity contribution in [3.8, 4) is 0 Å². The number of carbonyl (C=O) groups excluding carboxylic acids is 2. The summed E-state index contributed by atoms with van der Waals surface area (Å²) in [7, 11) is 0. The number of carbonyl (C=O) groups is 2. The molecule has 96 valence electrons. The number of nitrogens with zero attached hydrogens (tertiary/aromatic N) is 1. The Morgan fingerprint density at radius 2 is 1.94 bits per heavy atom. The van der Waals surface area contributed by atoms with Crippen LogP contribution in [0.5, 0.6) is 0 Å². The molecule has 5 heteroatoms. The van der Waals surface area contributed by atoms with Crippen molar-refractivity contribution in [3.05, 3.63) is 28.2 Å². The van der Waals surface area contributed by atoms with Gasteiger partial charge in [-0.25, -0.2) is 0 Å². The number of benzene rings is 1. The Hall–Kier alpha value is -1.36. The lowest BCUT2D eigenvalue weighted by molar-refractivity contribution is -0.133. The molecule has 1 aliphatic heterocycles. The Balaban J connectivity index is 2.46. The van der Waals surface area contributed by atoms with Crippen molar-refractivity contribution in [1.82, 2.24) is 5.32 Å². The average Bonchev–Trinajstić information content (AvgIpc) is 2.29. The van der Waals surface area contributed by atoms with E-state index in [1.807, 2.05) is 25.1 Å². The fourth-order valence-electron chi connectivity index (χ4n) is 2.05. The number of piperazine rings is 1.